The average Bonchev–Trinajstić information content (AvgIpc) is 3.52. The van der Waals surface area contributed by atoms with Crippen molar-refractivity contribution in [1.29, 1.82) is 0 Å². The van der Waals surface area contributed by atoms with E-state index in [9.17, 15) is 9.59 Å². The average molecular weight is 491 g/mol. The molecule has 0 aliphatic rings. The van der Waals surface area contributed by atoms with E-state index in [1.807, 2.05) is 71.4 Å². The second-order valence-corrected chi connectivity index (χ2v) is 10.3. The third-order valence-electron chi connectivity index (χ3n) is 4.92. The third-order valence-corrected chi connectivity index (χ3v) is 7.62. The Labute approximate surface area is 202 Å². The first-order valence-corrected chi connectivity index (χ1v) is 12.8. The number of hydrogen-bond acceptors (Lipinski definition) is 7. The number of hydrogen-bond donors (Lipinski definition) is 1. The highest BCUT2D eigenvalue weighted by Gasteiger charge is 2.21. The van der Waals surface area contributed by atoms with Crippen molar-refractivity contribution in [1.82, 2.24) is 14.5 Å². The van der Waals surface area contributed by atoms with E-state index in [2.05, 4.69) is 10.3 Å². The second kappa shape index (κ2) is 9.30. The molecule has 1 atom stereocenters. The molecule has 0 aliphatic carbocycles. The number of rotatable bonds is 6. The number of carbonyl (C=O) groups excluding carboxylic acids is 1. The molecule has 0 bridgehead atoms. The molecule has 0 fully saturated rings. The van der Waals surface area contributed by atoms with Crippen molar-refractivity contribution < 1.29 is 4.79 Å². The van der Waals surface area contributed by atoms with E-state index >= 15 is 0 Å². The Morgan fingerprint density at radius 3 is 2.58 bits per heavy atom. The largest absolute Gasteiger partial charge is 0.301 e. The summed E-state index contributed by atoms with van der Waals surface area (Å²) in [6, 6.07) is 20.6. The zero-order valence-corrected chi connectivity index (χ0v) is 19.9. The highest BCUT2D eigenvalue weighted by Crippen LogP contribution is 2.30. The van der Waals surface area contributed by atoms with Gasteiger partial charge in [-0.05, 0) is 42.6 Å². The molecule has 0 aliphatic heterocycles. The monoisotopic (exact) mass is 490 g/mol. The van der Waals surface area contributed by atoms with E-state index < -0.39 is 5.25 Å². The van der Waals surface area contributed by atoms with Crippen molar-refractivity contribution in [3.63, 3.8) is 0 Å². The third kappa shape index (κ3) is 4.47. The number of thioether (sulfide) groups is 1. The molecular formula is C24H18N4O2S3. The molecular weight excluding hydrogens is 472 g/mol. The fraction of sp³-hybridized carbons (Fsp3) is 0.0833. The van der Waals surface area contributed by atoms with Crippen molar-refractivity contribution in [2.45, 2.75) is 17.3 Å². The summed E-state index contributed by atoms with van der Waals surface area (Å²) in [4.78, 5) is 36.5. The lowest BCUT2D eigenvalue weighted by Gasteiger charge is -2.16. The van der Waals surface area contributed by atoms with Gasteiger partial charge in [0.05, 0.1) is 32.4 Å². The molecule has 1 unspecified atom stereocenters. The molecule has 0 radical (unpaired) electrons. The Kier molecular flexibility index (Phi) is 6.08. The summed E-state index contributed by atoms with van der Waals surface area (Å²) in [6.07, 6.45) is 0. The molecule has 3 aromatic heterocycles. The first-order valence-electron chi connectivity index (χ1n) is 10.1. The summed E-state index contributed by atoms with van der Waals surface area (Å²) in [5, 5.41) is 7.86. The van der Waals surface area contributed by atoms with E-state index in [0.29, 0.717) is 26.9 Å². The quantitative estimate of drug-likeness (QED) is 0.244. The predicted molar refractivity (Wildman–Crippen MR) is 137 cm³/mol. The van der Waals surface area contributed by atoms with Crippen LogP contribution in [-0.4, -0.2) is 25.7 Å². The molecule has 1 amide bonds. The molecule has 0 saturated heterocycles. The zero-order valence-electron chi connectivity index (χ0n) is 17.5. The number of carbonyl (C=O) groups is 1. The van der Waals surface area contributed by atoms with Crippen LogP contribution < -0.4 is 10.9 Å². The van der Waals surface area contributed by atoms with Crippen molar-refractivity contribution in [2.75, 3.05) is 5.32 Å². The molecule has 5 aromatic rings. The number of fused-ring (bicyclic) bond motifs is 1. The number of thiophene rings is 1. The van der Waals surface area contributed by atoms with E-state index in [-0.39, 0.29) is 11.5 Å². The van der Waals surface area contributed by atoms with Crippen LogP contribution in [0, 0.1) is 0 Å². The SMILES string of the molecule is CC(Sc1nc2ccccc2c(=O)n1-c1ccccc1)C(=O)Nc1nc(-c2cccs2)cs1. The van der Waals surface area contributed by atoms with Crippen molar-refractivity contribution in [2.24, 2.45) is 0 Å². The van der Waals surface area contributed by atoms with E-state index in [4.69, 9.17) is 4.98 Å². The van der Waals surface area contributed by atoms with E-state index in [1.165, 1.54) is 23.1 Å². The first-order chi connectivity index (χ1) is 16.1. The van der Waals surface area contributed by atoms with Gasteiger partial charge in [0.1, 0.15) is 0 Å². The predicted octanol–water partition coefficient (Wildman–Crippen LogP) is 5.69. The number of nitrogens with zero attached hydrogens (tertiary/aromatic N) is 3. The van der Waals surface area contributed by atoms with Gasteiger partial charge in [-0.3, -0.25) is 14.2 Å². The van der Waals surface area contributed by atoms with Gasteiger partial charge in [0, 0.05) is 5.38 Å². The number of aromatic nitrogens is 3. The first kappa shape index (κ1) is 21.6. The molecule has 3 heterocycles. The summed E-state index contributed by atoms with van der Waals surface area (Å²) in [5.74, 6) is -0.200. The van der Waals surface area contributed by atoms with Gasteiger partial charge in [-0.25, -0.2) is 9.97 Å². The molecule has 0 spiro atoms. The molecule has 2 aromatic carbocycles. The van der Waals surface area contributed by atoms with Gasteiger partial charge in [-0.15, -0.1) is 22.7 Å². The van der Waals surface area contributed by atoms with E-state index in [0.717, 1.165) is 10.6 Å². The van der Waals surface area contributed by atoms with Crippen LogP contribution in [0.15, 0.2) is 87.4 Å². The van der Waals surface area contributed by atoms with Crippen LogP contribution in [0.25, 0.3) is 27.2 Å². The number of para-hydroxylation sites is 2. The maximum atomic E-state index is 13.3. The Hall–Kier alpha value is -3.27. The van der Waals surface area contributed by atoms with E-state index in [1.54, 1.807) is 28.9 Å². The van der Waals surface area contributed by atoms with Crippen LogP contribution in [0.4, 0.5) is 5.13 Å². The minimum absolute atomic E-state index is 0.164. The summed E-state index contributed by atoms with van der Waals surface area (Å²) in [5.41, 5.74) is 1.99. The molecule has 1 N–H and O–H groups in total. The molecule has 9 heteroatoms. The van der Waals surface area contributed by atoms with Crippen molar-refractivity contribution in [3.05, 3.63) is 87.8 Å². The van der Waals surface area contributed by atoms with Crippen LogP contribution in [0.3, 0.4) is 0 Å². The summed E-state index contributed by atoms with van der Waals surface area (Å²) in [6.45, 7) is 1.80. The number of anilines is 1. The Balaban J connectivity index is 1.43. The zero-order chi connectivity index (χ0) is 22.8. The maximum Gasteiger partial charge on any atom is 0.266 e. The van der Waals surface area contributed by atoms with Gasteiger partial charge < -0.3 is 5.32 Å². The van der Waals surface area contributed by atoms with Crippen molar-refractivity contribution >= 4 is 56.4 Å². The summed E-state index contributed by atoms with van der Waals surface area (Å²) >= 11 is 4.24. The molecule has 164 valence electrons. The fourth-order valence-corrected chi connectivity index (χ4v) is 5.68. The second-order valence-electron chi connectivity index (χ2n) is 7.15. The van der Waals surface area contributed by atoms with Gasteiger partial charge in [0.2, 0.25) is 5.91 Å². The summed E-state index contributed by atoms with van der Waals surface area (Å²) in [7, 11) is 0. The van der Waals surface area contributed by atoms with Crippen LogP contribution in [0.5, 0.6) is 0 Å². The van der Waals surface area contributed by atoms with Crippen molar-refractivity contribution in [3.8, 4) is 16.3 Å². The lowest BCUT2D eigenvalue weighted by molar-refractivity contribution is -0.115. The lowest BCUT2D eigenvalue weighted by Crippen LogP contribution is -2.26. The molecule has 0 saturated carbocycles. The van der Waals surface area contributed by atoms with Gasteiger partial charge in [0.25, 0.3) is 5.56 Å². The normalized spacial score (nSPS) is 12.0. The highest BCUT2D eigenvalue weighted by atomic mass is 32.2. The maximum absolute atomic E-state index is 13.3. The fourth-order valence-electron chi connectivity index (χ4n) is 3.28. The van der Waals surface area contributed by atoms with Crippen LogP contribution >= 0.6 is 34.4 Å². The van der Waals surface area contributed by atoms with Gasteiger partial charge in [-0.1, -0.05) is 48.2 Å². The Morgan fingerprint density at radius 1 is 1.00 bits per heavy atom. The lowest BCUT2D eigenvalue weighted by atomic mass is 10.2. The Morgan fingerprint density at radius 2 is 1.79 bits per heavy atom. The topological polar surface area (TPSA) is 76.9 Å². The number of nitrogens with one attached hydrogen (secondary N) is 1. The molecule has 5 rings (SSSR count). The van der Waals surface area contributed by atoms with Crippen LogP contribution in [-0.2, 0) is 4.79 Å². The van der Waals surface area contributed by atoms with Crippen LogP contribution in [0.1, 0.15) is 6.92 Å². The number of thiazole rings is 1. The molecule has 6 nitrogen and oxygen atoms in total. The van der Waals surface area contributed by atoms with Crippen LogP contribution in [0.2, 0.25) is 0 Å². The highest BCUT2D eigenvalue weighted by molar-refractivity contribution is 8.00. The minimum Gasteiger partial charge on any atom is -0.301 e. The number of benzene rings is 2. The standard InChI is InChI=1S/C24H18N4O2S3/c1-15(21(29)27-23-25-19(14-32-23)20-12-7-13-31-20)33-24-26-18-11-6-5-10-17(18)22(30)28(24)16-8-3-2-4-9-16/h2-15H,1H3,(H,25,27,29). The smallest absolute Gasteiger partial charge is 0.266 e. The molecule has 33 heavy (non-hydrogen) atoms. The number of amides is 1. The van der Waals surface area contributed by atoms with Gasteiger partial charge in [0.15, 0.2) is 10.3 Å². The van der Waals surface area contributed by atoms with Gasteiger partial charge in [-0.2, -0.15) is 0 Å². The minimum atomic E-state index is -0.498. The summed E-state index contributed by atoms with van der Waals surface area (Å²) < 4.78 is 1.56. The Bertz CT molecular complexity index is 1480. The van der Waals surface area contributed by atoms with Gasteiger partial charge >= 0.3 is 0 Å².